The number of benzene rings is 2. The summed E-state index contributed by atoms with van der Waals surface area (Å²) in [4.78, 5) is 38.0. The summed E-state index contributed by atoms with van der Waals surface area (Å²) in [5.74, 6) is -0.752. The van der Waals surface area contributed by atoms with Gasteiger partial charge >= 0.3 is 0 Å². The van der Waals surface area contributed by atoms with Crippen LogP contribution in [0.2, 0.25) is 0 Å². The van der Waals surface area contributed by atoms with Gasteiger partial charge in [0.1, 0.15) is 6.04 Å². The number of carbonyl (C=O) groups excluding carboxylic acids is 3. The Labute approximate surface area is 159 Å². The number of nitrogens with one attached hydrogen (secondary N) is 2. The van der Waals surface area contributed by atoms with Crippen molar-refractivity contribution in [3.63, 3.8) is 0 Å². The van der Waals surface area contributed by atoms with Gasteiger partial charge in [0.2, 0.25) is 5.91 Å². The topological polar surface area (TPSA) is 75.3 Å². The van der Waals surface area contributed by atoms with Crippen molar-refractivity contribution in [1.82, 2.24) is 10.6 Å². The molecule has 3 rings (SSSR count). The fraction of sp³-hybridized carbons (Fsp3) is 0.318. The first-order chi connectivity index (χ1) is 13.0. The zero-order chi connectivity index (χ0) is 19.4. The maximum absolute atomic E-state index is 13.1. The van der Waals surface area contributed by atoms with Crippen molar-refractivity contribution in [2.75, 3.05) is 6.54 Å². The molecule has 2 aromatic carbocycles. The SMILES string of the molecule is Cc1ccc(C)c(C(=O)c2ccccc2C(=O)NC2CCCCNC2=O)c1. The van der Waals surface area contributed by atoms with Crippen LogP contribution in [0.5, 0.6) is 0 Å². The summed E-state index contributed by atoms with van der Waals surface area (Å²) in [7, 11) is 0. The van der Waals surface area contributed by atoms with E-state index in [0.717, 1.165) is 24.0 Å². The quantitative estimate of drug-likeness (QED) is 0.819. The molecule has 0 saturated carbocycles. The minimum absolute atomic E-state index is 0.167. The average molecular weight is 364 g/mol. The van der Waals surface area contributed by atoms with Gasteiger partial charge < -0.3 is 10.6 Å². The van der Waals surface area contributed by atoms with E-state index in [4.69, 9.17) is 0 Å². The molecule has 2 amide bonds. The van der Waals surface area contributed by atoms with Crippen molar-refractivity contribution >= 4 is 17.6 Å². The zero-order valence-corrected chi connectivity index (χ0v) is 15.7. The molecular formula is C22H24N2O3. The van der Waals surface area contributed by atoms with Gasteiger partial charge in [-0.2, -0.15) is 0 Å². The van der Waals surface area contributed by atoms with Gasteiger partial charge in [-0.15, -0.1) is 0 Å². The third-order valence-corrected chi connectivity index (χ3v) is 4.89. The lowest BCUT2D eigenvalue weighted by Crippen LogP contribution is -2.45. The number of rotatable bonds is 4. The number of hydrogen-bond donors (Lipinski definition) is 2. The molecule has 1 saturated heterocycles. The van der Waals surface area contributed by atoms with Crippen LogP contribution in [0.1, 0.15) is 56.7 Å². The van der Waals surface area contributed by atoms with Crippen molar-refractivity contribution in [3.05, 3.63) is 70.3 Å². The Hall–Kier alpha value is -2.95. The maximum atomic E-state index is 13.1. The summed E-state index contributed by atoms with van der Waals surface area (Å²) in [6.45, 7) is 4.44. The predicted molar refractivity (Wildman–Crippen MR) is 104 cm³/mol. The molecule has 5 heteroatoms. The number of amides is 2. The fourth-order valence-corrected chi connectivity index (χ4v) is 3.32. The van der Waals surface area contributed by atoms with Gasteiger partial charge in [0.15, 0.2) is 5.78 Å². The molecule has 140 valence electrons. The Bertz CT molecular complexity index is 889. The third kappa shape index (κ3) is 4.25. The van der Waals surface area contributed by atoms with Gasteiger partial charge in [0.25, 0.3) is 5.91 Å². The lowest BCUT2D eigenvalue weighted by atomic mass is 9.94. The number of hydrogen-bond acceptors (Lipinski definition) is 3. The Kier molecular flexibility index (Phi) is 5.69. The molecule has 2 aromatic rings. The molecule has 2 N–H and O–H groups in total. The minimum Gasteiger partial charge on any atom is -0.354 e. The second-order valence-electron chi connectivity index (χ2n) is 7.01. The molecule has 5 nitrogen and oxygen atoms in total. The molecule has 0 aliphatic carbocycles. The van der Waals surface area contributed by atoms with Crippen LogP contribution in [0, 0.1) is 13.8 Å². The van der Waals surface area contributed by atoms with E-state index < -0.39 is 11.9 Å². The molecule has 1 unspecified atom stereocenters. The van der Waals surface area contributed by atoms with Gasteiger partial charge in [-0.05, 0) is 50.8 Å². The van der Waals surface area contributed by atoms with E-state index in [-0.39, 0.29) is 11.7 Å². The van der Waals surface area contributed by atoms with Crippen LogP contribution in [0.15, 0.2) is 42.5 Å². The molecule has 0 radical (unpaired) electrons. The minimum atomic E-state index is -0.566. The number of carbonyl (C=O) groups is 3. The molecule has 1 aliphatic rings. The molecule has 1 aliphatic heterocycles. The van der Waals surface area contributed by atoms with E-state index in [9.17, 15) is 14.4 Å². The highest BCUT2D eigenvalue weighted by molar-refractivity contribution is 6.16. The first-order valence-electron chi connectivity index (χ1n) is 9.27. The van der Waals surface area contributed by atoms with Crippen molar-refractivity contribution < 1.29 is 14.4 Å². The van der Waals surface area contributed by atoms with Crippen LogP contribution < -0.4 is 10.6 Å². The van der Waals surface area contributed by atoms with Crippen molar-refractivity contribution in [2.45, 2.75) is 39.2 Å². The summed E-state index contributed by atoms with van der Waals surface area (Å²) in [5, 5.41) is 5.60. The monoisotopic (exact) mass is 364 g/mol. The molecule has 1 atom stereocenters. The van der Waals surface area contributed by atoms with Gasteiger partial charge in [-0.1, -0.05) is 35.9 Å². The van der Waals surface area contributed by atoms with E-state index in [1.807, 2.05) is 32.0 Å². The fourth-order valence-electron chi connectivity index (χ4n) is 3.32. The Morgan fingerprint density at radius 2 is 1.74 bits per heavy atom. The van der Waals surface area contributed by atoms with Crippen LogP contribution in [-0.2, 0) is 4.79 Å². The molecule has 0 aromatic heterocycles. The lowest BCUT2D eigenvalue weighted by molar-refractivity contribution is -0.122. The van der Waals surface area contributed by atoms with Crippen molar-refractivity contribution in [3.8, 4) is 0 Å². The van der Waals surface area contributed by atoms with Crippen LogP contribution in [0.3, 0.4) is 0 Å². The average Bonchev–Trinajstić information content (AvgIpc) is 2.87. The highest BCUT2D eigenvalue weighted by Crippen LogP contribution is 2.19. The summed E-state index contributed by atoms with van der Waals surface area (Å²) < 4.78 is 0. The smallest absolute Gasteiger partial charge is 0.252 e. The van der Waals surface area contributed by atoms with E-state index in [2.05, 4.69) is 10.6 Å². The molecule has 0 spiro atoms. The van der Waals surface area contributed by atoms with Gasteiger partial charge in [0, 0.05) is 17.7 Å². The summed E-state index contributed by atoms with van der Waals surface area (Å²) in [6.07, 6.45) is 2.37. The van der Waals surface area contributed by atoms with Crippen LogP contribution in [0.25, 0.3) is 0 Å². The zero-order valence-electron chi connectivity index (χ0n) is 15.7. The van der Waals surface area contributed by atoms with E-state index >= 15 is 0 Å². The summed E-state index contributed by atoms with van der Waals surface area (Å²) in [5.41, 5.74) is 3.07. The first-order valence-corrected chi connectivity index (χ1v) is 9.27. The Morgan fingerprint density at radius 3 is 2.52 bits per heavy atom. The van der Waals surface area contributed by atoms with Gasteiger partial charge in [-0.3, -0.25) is 14.4 Å². The maximum Gasteiger partial charge on any atom is 0.252 e. The van der Waals surface area contributed by atoms with Gasteiger partial charge in [-0.25, -0.2) is 0 Å². The third-order valence-electron chi connectivity index (χ3n) is 4.89. The van der Waals surface area contributed by atoms with Crippen molar-refractivity contribution in [1.29, 1.82) is 0 Å². The van der Waals surface area contributed by atoms with E-state index in [1.54, 1.807) is 24.3 Å². The number of aryl methyl sites for hydroxylation is 2. The van der Waals surface area contributed by atoms with Crippen LogP contribution >= 0.6 is 0 Å². The summed E-state index contributed by atoms with van der Waals surface area (Å²) >= 11 is 0. The lowest BCUT2D eigenvalue weighted by Gasteiger charge is -2.17. The molecule has 27 heavy (non-hydrogen) atoms. The Balaban J connectivity index is 1.89. The molecule has 1 heterocycles. The molecule has 1 fully saturated rings. The normalized spacial score (nSPS) is 17.0. The van der Waals surface area contributed by atoms with Crippen LogP contribution in [0.4, 0.5) is 0 Å². The van der Waals surface area contributed by atoms with Crippen LogP contribution in [-0.4, -0.2) is 30.2 Å². The van der Waals surface area contributed by atoms with E-state index in [1.165, 1.54) is 0 Å². The predicted octanol–water partition coefficient (Wildman–Crippen LogP) is 2.93. The van der Waals surface area contributed by atoms with E-state index in [0.29, 0.717) is 29.7 Å². The highest BCUT2D eigenvalue weighted by atomic mass is 16.2. The van der Waals surface area contributed by atoms with Crippen molar-refractivity contribution in [2.24, 2.45) is 0 Å². The van der Waals surface area contributed by atoms with Gasteiger partial charge in [0.05, 0.1) is 5.56 Å². The largest absolute Gasteiger partial charge is 0.354 e. The second kappa shape index (κ2) is 8.16. The molecule has 0 bridgehead atoms. The molecular weight excluding hydrogens is 340 g/mol. The summed E-state index contributed by atoms with van der Waals surface area (Å²) in [6, 6.07) is 11.9. The first kappa shape index (κ1) is 18.8. The number of ketones is 1. The Morgan fingerprint density at radius 1 is 1.00 bits per heavy atom. The second-order valence-corrected chi connectivity index (χ2v) is 7.01. The standard InChI is InChI=1S/C22H24N2O3/c1-14-10-11-15(2)18(13-14)20(25)16-7-3-4-8-17(16)21(26)24-19-9-5-6-12-23-22(19)27/h3-4,7-8,10-11,13,19H,5-6,9,12H2,1-2H3,(H,23,27)(H,24,26). The highest BCUT2D eigenvalue weighted by Gasteiger charge is 2.25.